The van der Waals surface area contributed by atoms with Crippen molar-refractivity contribution in [1.29, 1.82) is 0 Å². The van der Waals surface area contributed by atoms with Crippen molar-refractivity contribution >= 4 is 28.6 Å². The van der Waals surface area contributed by atoms with Gasteiger partial charge in [-0.25, -0.2) is 0 Å². The third kappa shape index (κ3) is 3.30. The van der Waals surface area contributed by atoms with Crippen LogP contribution in [0, 0.1) is 3.57 Å². The Morgan fingerprint density at radius 2 is 1.92 bits per heavy atom. The lowest BCUT2D eigenvalue weighted by atomic mass is 10.1. The van der Waals surface area contributed by atoms with Crippen LogP contribution in [-0.4, -0.2) is 6.04 Å². The molecule has 0 atom stereocenters. The fourth-order valence-electron chi connectivity index (χ4n) is 0.894. The van der Waals surface area contributed by atoms with Gasteiger partial charge in [0, 0.05) is 9.99 Å². The highest BCUT2D eigenvalue weighted by Gasteiger charge is 1.98. The SMILES string of the molecule is O=C(F)CCc1ccc(I)cc1. The van der Waals surface area contributed by atoms with Gasteiger partial charge in [0.15, 0.2) is 0 Å². The summed E-state index contributed by atoms with van der Waals surface area (Å²) in [5.41, 5.74) is 1.00. The van der Waals surface area contributed by atoms with Crippen molar-refractivity contribution in [2.45, 2.75) is 12.8 Å². The molecular weight excluding hydrogens is 270 g/mol. The summed E-state index contributed by atoms with van der Waals surface area (Å²) in [7, 11) is 0. The lowest BCUT2D eigenvalue weighted by molar-refractivity contribution is -0.129. The number of carbonyl (C=O) groups excluding carboxylic acids is 1. The highest BCUT2D eigenvalue weighted by Crippen LogP contribution is 2.08. The van der Waals surface area contributed by atoms with E-state index in [2.05, 4.69) is 22.6 Å². The Balaban J connectivity index is 2.53. The summed E-state index contributed by atoms with van der Waals surface area (Å²) < 4.78 is 13.0. The molecule has 0 amide bonds. The molecule has 1 rings (SSSR count). The lowest BCUT2D eigenvalue weighted by Gasteiger charge is -1.96. The predicted molar refractivity (Wildman–Crippen MR) is 53.6 cm³/mol. The first kappa shape index (κ1) is 9.64. The van der Waals surface area contributed by atoms with Gasteiger partial charge in [0.1, 0.15) is 0 Å². The zero-order valence-corrected chi connectivity index (χ0v) is 8.55. The average molecular weight is 278 g/mol. The molecule has 0 fully saturated rings. The third-order valence-electron chi connectivity index (χ3n) is 1.52. The van der Waals surface area contributed by atoms with Crippen molar-refractivity contribution in [3.05, 3.63) is 33.4 Å². The summed E-state index contributed by atoms with van der Waals surface area (Å²) in [6.07, 6.45) is 0.479. The summed E-state index contributed by atoms with van der Waals surface area (Å²) in [5.74, 6) is 0. The maximum atomic E-state index is 11.8. The standard InChI is InChI=1S/C9H8FIO/c10-9(12)6-3-7-1-4-8(11)5-2-7/h1-2,4-5H,3,6H2. The molecule has 0 N–H and O–H groups in total. The second-order valence-corrected chi connectivity index (χ2v) is 3.73. The topological polar surface area (TPSA) is 17.1 Å². The molecule has 0 aromatic heterocycles. The number of hydrogen-bond donors (Lipinski definition) is 0. The van der Waals surface area contributed by atoms with Crippen LogP contribution in [0.3, 0.4) is 0 Å². The molecule has 0 bridgehead atoms. The lowest BCUT2D eigenvalue weighted by Crippen LogP contribution is -1.92. The predicted octanol–water partition coefficient (Wildman–Crippen LogP) is 2.72. The summed E-state index contributed by atoms with van der Waals surface area (Å²) >= 11 is 2.20. The number of rotatable bonds is 3. The Labute approximate surface area is 84.1 Å². The molecule has 1 aromatic carbocycles. The van der Waals surface area contributed by atoms with E-state index in [4.69, 9.17) is 0 Å². The van der Waals surface area contributed by atoms with Crippen LogP contribution in [-0.2, 0) is 11.2 Å². The Morgan fingerprint density at radius 1 is 1.33 bits per heavy atom. The Hall–Kier alpha value is -0.450. The van der Waals surface area contributed by atoms with E-state index < -0.39 is 6.04 Å². The van der Waals surface area contributed by atoms with E-state index in [1.807, 2.05) is 24.3 Å². The van der Waals surface area contributed by atoms with E-state index >= 15 is 0 Å². The fourth-order valence-corrected chi connectivity index (χ4v) is 1.25. The molecule has 0 radical (unpaired) electrons. The number of hydrogen-bond acceptors (Lipinski definition) is 1. The molecule has 64 valence electrons. The first-order valence-corrected chi connectivity index (χ1v) is 4.69. The highest BCUT2D eigenvalue weighted by molar-refractivity contribution is 14.1. The van der Waals surface area contributed by atoms with Gasteiger partial charge in [0.2, 0.25) is 0 Å². The molecule has 1 nitrogen and oxygen atoms in total. The van der Waals surface area contributed by atoms with Gasteiger partial charge in [0.05, 0.1) is 0 Å². The van der Waals surface area contributed by atoms with Gasteiger partial charge in [-0.3, -0.25) is 4.79 Å². The second-order valence-electron chi connectivity index (χ2n) is 2.48. The summed E-state index contributed by atoms with van der Waals surface area (Å²) in [6, 6.07) is 6.46. The molecule has 0 saturated heterocycles. The van der Waals surface area contributed by atoms with E-state index in [9.17, 15) is 9.18 Å². The van der Waals surface area contributed by atoms with Gasteiger partial charge >= 0.3 is 6.04 Å². The maximum absolute atomic E-state index is 11.8. The van der Waals surface area contributed by atoms with Crippen molar-refractivity contribution in [2.75, 3.05) is 0 Å². The van der Waals surface area contributed by atoms with Crippen molar-refractivity contribution in [3.8, 4) is 0 Å². The minimum atomic E-state index is -1.24. The average Bonchev–Trinajstić information content (AvgIpc) is 2.03. The van der Waals surface area contributed by atoms with Crippen LogP contribution in [0.5, 0.6) is 0 Å². The summed E-state index contributed by atoms with van der Waals surface area (Å²) in [4.78, 5) is 10.0. The van der Waals surface area contributed by atoms with E-state index in [-0.39, 0.29) is 6.42 Å². The van der Waals surface area contributed by atoms with Gasteiger partial charge in [-0.1, -0.05) is 12.1 Å². The quantitative estimate of drug-likeness (QED) is 0.613. The fraction of sp³-hybridized carbons (Fsp3) is 0.222. The van der Waals surface area contributed by atoms with Gasteiger partial charge < -0.3 is 0 Å². The van der Waals surface area contributed by atoms with Crippen LogP contribution in [0.4, 0.5) is 4.39 Å². The normalized spacial score (nSPS) is 9.83. The van der Waals surface area contributed by atoms with E-state index in [0.29, 0.717) is 6.42 Å². The number of aryl methyl sites for hydroxylation is 1. The molecule has 3 heteroatoms. The number of halogens is 2. The Kier molecular flexibility index (Phi) is 3.65. The molecule has 0 saturated carbocycles. The minimum absolute atomic E-state index is 0.0133. The van der Waals surface area contributed by atoms with Crippen LogP contribution < -0.4 is 0 Å². The smallest absolute Gasteiger partial charge is 0.261 e. The molecule has 0 aliphatic rings. The van der Waals surface area contributed by atoms with E-state index in [0.717, 1.165) is 9.13 Å². The van der Waals surface area contributed by atoms with Crippen LogP contribution in [0.1, 0.15) is 12.0 Å². The van der Waals surface area contributed by atoms with Crippen molar-refractivity contribution < 1.29 is 9.18 Å². The Morgan fingerprint density at radius 3 is 2.42 bits per heavy atom. The molecular formula is C9H8FIO. The van der Waals surface area contributed by atoms with Gasteiger partial charge in [-0.15, -0.1) is 0 Å². The van der Waals surface area contributed by atoms with Crippen LogP contribution in [0.25, 0.3) is 0 Å². The van der Waals surface area contributed by atoms with E-state index in [1.54, 1.807) is 0 Å². The summed E-state index contributed by atoms with van der Waals surface area (Å²) in [5, 5.41) is 0. The molecule has 0 aliphatic carbocycles. The molecule has 12 heavy (non-hydrogen) atoms. The number of carbonyl (C=O) groups is 1. The maximum Gasteiger partial charge on any atom is 0.301 e. The van der Waals surface area contributed by atoms with Crippen LogP contribution >= 0.6 is 22.6 Å². The van der Waals surface area contributed by atoms with Crippen LogP contribution in [0.2, 0.25) is 0 Å². The van der Waals surface area contributed by atoms with Crippen molar-refractivity contribution in [2.24, 2.45) is 0 Å². The Bertz CT molecular complexity index is 268. The van der Waals surface area contributed by atoms with Gasteiger partial charge in [-0.2, -0.15) is 4.39 Å². The molecule has 1 aromatic rings. The second kappa shape index (κ2) is 4.54. The zero-order chi connectivity index (χ0) is 8.97. The summed E-state index contributed by atoms with van der Waals surface area (Å²) in [6.45, 7) is 0. The number of benzene rings is 1. The van der Waals surface area contributed by atoms with Crippen molar-refractivity contribution in [1.82, 2.24) is 0 Å². The van der Waals surface area contributed by atoms with Gasteiger partial charge in [-0.05, 0) is 46.7 Å². The molecule has 0 unspecified atom stereocenters. The van der Waals surface area contributed by atoms with Crippen LogP contribution in [0.15, 0.2) is 24.3 Å². The highest BCUT2D eigenvalue weighted by atomic mass is 127. The van der Waals surface area contributed by atoms with Crippen molar-refractivity contribution in [3.63, 3.8) is 0 Å². The molecule has 0 aliphatic heterocycles. The molecule has 0 spiro atoms. The first-order valence-electron chi connectivity index (χ1n) is 3.61. The van der Waals surface area contributed by atoms with Gasteiger partial charge in [0.25, 0.3) is 0 Å². The molecule has 0 heterocycles. The third-order valence-corrected chi connectivity index (χ3v) is 2.24. The minimum Gasteiger partial charge on any atom is -0.261 e. The first-order chi connectivity index (χ1) is 5.68. The monoisotopic (exact) mass is 278 g/mol. The van der Waals surface area contributed by atoms with E-state index in [1.165, 1.54) is 0 Å². The largest absolute Gasteiger partial charge is 0.301 e. The zero-order valence-electron chi connectivity index (χ0n) is 6.39.